The lowest BCUT2D eigenvalue weighted by molar-refractivity contribution is -0.129. The fourth-order valence-corrected chi connectivity index (χ4v) is 0.819. The predicted octanol–water partition coefficient (Wildman–Crippen LogP) is 2.68. The highest BCUT2D eigenvalue weighted by Gasteiger charge is 2.05. The number of hydrogen-bond donors (Lipinski definition) is 0. The van der Waals surface area contributed by atoms with Crippen molar-refractivity contribution in [2.24, 2.45) is 0 Å². The van der Waals surface area contributed by atoms with Crippen LogP contribution in [0.5, 0.6) is 0 Å². The molecule has 0 radical (unpaired) electrons. The van der Waals surface area contributed by atoms with Crippen LogP contribution >= 0.6 is 0 Å². The van der Waals surface area contributed by atoms with Gasteiger partial charge in [-0.05, 0) is 6.42 Å². The van der Waals surface area contributed by atoms with Gasteiger partial charge < -0.3 is 9.47 Å². The van der Waals surface area contributed by atoms with Crippen molar-refractivity contribution in [2.45, 2.75) is 19.1 Å². The van der Waals surface area contributed by atoms with Crippen LogP contribution in [-0.4, -0.2) is 19.5 Å². The average Bonchev–Trinajstić information content (AvgIpc) is 2.17. The molecule has 0 aromatic heterocycles. The first-order valence-electron chi connectivity index (χ1n) is 4.41. The molecule has 0 amide bonds. The zero-order chi connectivity index (χ0) is 9.94. The molecule has 0 aliphatic heterocycles. The summed E-state index contributed by atoms with van der Waals surface area (Å²) in [5.41, 5.74) is 0. The van der Waals surface area contributed by atoms with E-state index in [1.165, 1.54) is 0 Å². The van der Waals surface area contributed by atoms with Crippen LogP contribution in [0.2, 0.25) is 0 Å². The van der Waals surface area contributed by atoms with Gasteiger partial charge in [-0.2, -0.15) is 0 Å². The second-order valence-corrected chi connectivity index (χ2v) is 2.54. The Kier molecular flexibility index (Phi) is 8.62. The van der Waals surface area contributed by atoms with E-state index in [0.717, 1.165) is 12.8 Å². The fourth-order valence-electron chi connectivity index (χ4n) is 0.819. The molecule has 0 fully saturated rings. The predicted molar refractivity (Wildman–Crippen MR) is 55.5 cm³/mol. The van der Waals surface area contributed by atoms with Crippen LogP contribution in [-0.2, 0) is 9.47 Å². The molecule has 0 heterocycles. The van der Waals surface area contributed by atoms with E-state index in [0.29, 0.717) is 13.2 Å². The van der Waals surface area contributed by atoms with E-state index in [1.54, 1.807) is 12.2 Å². The van der Waals surface area contributed by atoms with Crippen LogP contribution in [0.4, 0.5) is 0 Å². The lowest BCUT2D eigenvalue weighted by Crippen LogP contribution is -2.17. The normalized spacial score (nSPS) is 9.92. The van der Waals surface area contributed by atoms with Crippen molar-refractivity contribution in [3.8, 4) is 0 Å². The highest BCUT2D eigenvalue weighted by molar-refractivity contribution is 4.70. The van der Waals surface area contributed by atoms with Crippen LogP contribution in [0.1, 0.15) is 12.8 Å². The van der Waals surface area contributed by atoms with Crippen molar-refractivity contribution < 1.29 is 9.47 Å². The second kappa shape index (κ2) is 9.23. The van der Waals surface area contributed by atoms with Crippen molar-refractivity contribution in [3.63, 3.8) is 0 Å². The number of ether oxygens (including phenoxy) is 2. The lowest BCUT2D eigenvalue weighted by atomic mass is 10.3. The standard InChI is InChI=1S/C11H18O2/c1-4-7-8-11(12-9-5-2)13-10-6-3/h4-6,11H,1-3,7-10H2. The van der Waals surface area contributed by atoms with Gasteiger partial charge in [0.15, 0.2) is 6.29 Å². The Morgan fingerprint density at radius 1 is 0.923 bits per heavy atom. The zero-order valence-corrected chi connectivity index (χ0v) is 8.08. The monoisotopic (exact) mass is 182 g/mol. The summed E-state index contributed by atoms with van der Waals surface area (Å²) < 4.78 is 10.7. The van der Waals surface area contributed by atoms with E-state index in [4.69, 9.17) is 9.47 Å². The van der Waals surface area contributed by atoms with Gasteiger partial charge >= 0.3 is 0 Å². The first-order valence-corrected chi connectivity index (χ1v) is 4.41. The Morgan fingerprint density at radius 3 is 1.85 bits per heavy atom. The Bertz CT molecular complexity index is 124. The smallest absolute Gasteiger partial charge is 0.158 e. The minimum absolute atomic E-state index is 0.172. The van der Waals surface area contributed by atoms with Crippen LogP contribution < -0.4 is 0 Å². The van der Waals surface area contributed by atoms with Crippen LogP contribution in [0.25, 0.3) is 0 Å². The molecule has 0 atom stereocenters. The van der Waals surface area contributed by atoms with Gasteiger partial charge in [-0.1, -0.05) is 18.2 Å². The molecule has 0 unspecified atom stereocenters. The molecule has 0 aromatic carbocycles. The molecule has 0 saturated carbocycles. The van der Waals surface area contributed by atoms with Crippen molar-refractivity contribution in [1.82, 2.24) is 0 Å². The summed E-state index contributed by atoms with van der Waals surface area (Å²) in [6, 6.07) is 0. The Balaban J connectivity index is 3.64. The Labute approximate surface area is 80.5 Å². The Hall–Kier alpha value is -0.860. The summed E-state index contributed by atoms with van der Waals surface area (Å²) in [6.07, 6.45) is 6.80. The van der Waals surface area contributed by atoms with Crippen molar-refractivity contribution in [1.29, 1.82) is 0 Å². The minimum Gasteiger partial charge on any atom is -0.349 e. The maximum Gasteiger partial charge on any atom is 0.158 e. The zero-order valence-electron chi connectivity index (χ0n) is 8.08. The van der Waals surface area contributed by atoms with Crippen molar-refractivity contribution in [3.05, 3.63) is 38.0 Å². The first kappa shape index (κ1) is 12.1. The highest BCUT2D eigenvalue weighted by atomic mass is 16.7. The summed E-state index contributed by atoms with van der Waals surface area (Å²) in [4.78, 5) is 0. The lowest BCUT2D eigenvalue weighted by Gasteiger charge is -2.15. The quantitative estimate of drug-likeness (QED) is 0.403. The SMILES string of the molecule is C=CCCC(OCC=C)OCC=C. The Morgan fingerprint density at radius 2 is 1.46 bits per heavy atom. The van der Waals surface area contributed by atoms with Gasteiger partial charge in [-0.3, -0.25) is 0 Å². The van der Waals surface area contributed by atoms with Crippen molar-refractivity contribution >= 4 is 0 Å². The molecule has 74 valence electrons. The summed E-state index contributed by atoms with van der Waals surface area (Å²) in [5, 5.41) is 0. The van der Waals surface area contributed by atoms with Gasteiger partial charge in [0, 0.05) is 6.42 Å². The van der Waals surface area contributed by atoms with E-state index in [2.05, 4.69) is 19.7 Å². The molecule has 0 aliphatic carbocycles. The highest BCUT2D eigenvalue weighted by Crippen LogP contribution is 2.04. The summed E-state index contributed by atoms with van der Waals surface area (Å²) in [5.74, 6) is 0. The van der Waals surface area contributed by atoms with Gasteiger partial charge in [0.2, 0.25) is 0 Å². The first-order chi connectivity index (χ1) is 6.35. The molecule has 13 heavy (non-hydrogen) atoms. The molecule has 0 N–H and O–H groups in total. The average molecular weight is 182 g/mol. The van der Waals surface area contributed by atoms with Gasteiger partial charge in [0.05, 0.1) is 13.2 Å². The van der Waals surface area contributed by atoms with E-state index >= 15 is 0 Å². The third kappa shape index (κ3) is 7.50. The number of allylic oxidation sites excluding steroid dienone is 1. The number of rotatable bonds is 9. The van der Waals surface area contributed by atoms with E-state index in [1.807, 2.05) is 6.08 Å². The van der Waals surface area contributed by atoms with Crippen molar-refractivity contribution in [2.75, 3.05) is 13.2 Å². The molecular weight excluding hydrogens is 164 g/mol. The molecule has 0 spiro atoms. The fraction of sp³-hybridized carbons (Fsp3) is 0.455. The second-order valence-electron chi connectivity index (χ2n) is 2.54. The van der Waals surface area contributed by atoms with Crippen LogP contribution in [0.3, 0.4) is 0 Å². The minimum atomic E-state index is -0.172. The topological polar surface area (TPSA) is 18.5 Å². The summed E-state index contributed by atoms with van der Waals surface area (Å²) in [7, 11) is 0. The van der Waals surface area contributed by atoms with Gasteiger partial charge in [-0.25, -0.2) is 0 Å². The largest absolute Gasteiger partial charge is 0.349 e. The van der Waals surface area contributed by atoms with E-state index < -0.39 is 0 Å². The molecule has 0 aliphatic rings. The van der Waals surface area contributed by atoms with E-state index in [9.17, 15) is 0 Å². The summed E-state index contributed by atoms with van der Waals surface area (Å²) >= 11 is 0. The van der Waals surface area contributed by atoms with E-state index in [-0.39, 0.29) is 6.29 Å². The third-order valence-electron chi connectivity index (χ3n) is 1.41. The van der Waals surface area contributed by atoms with Gasteiger partial charge in [-0.15, -0.1) is 19.7 Å². The van der Waals surface area contributed by atoms with Gasteiger partial charge in [0.25, 0.3) is 0 Å². The molecule has 0 rings (SSSR count). The molecular formula is C11H18O2. The van der Waals surface area contributed by atoms with Crippen LogP contribution in [0, 0.1) is 0 Å². The maximum absolute atomic E-state index is 5.36. The molecule has 2 nitrogen and oxygen atoms in total. The van der Waals surface area contributed by atoms with Gasteiger partial charge in [0.1, 0.15) is 0 Å². The number of hydrogen-bond acceptors (Lipinski definition) is 2. The maximum atomic E-state index is 5.36. The third-order valence-corrected chi connectivity index (χ3v) is 1.41. The molecule has 0 saturated heterocycles. The molecule has 0 aromatic rings. The molecule has 0 bridgehead atoms. The van der Waals surface area contributed by atoms with Crippen LogP contribution in [0.15, 0.2) is 38.0 Å². The molecule has 2 heteroatoms. The summed E-state index contributed by atoms with van der Waals surface area (Å²) in [6.45, 7) is 11.8.